The molecule has 0 bridgehead atoms. The molecule has 1 aromatic heterocycles. The van der Waals surface area contributed by atoms with E-state index in [4.69, 9.17) is 0 Å². The summed E-state index contributed by atoms with van der Waals surface area (Å²) in [5, 5.41) is 2.98. The summed E-state index contributed by atoms with van der Waals surface area (Å²) in [4.78, 5) is 16.8. The maximum Gasteiger partial charge on any atom is 0.247 e. The number of para-hydroxylation sites is 2. The molecule has 1 N–H and O–H groups in total. The molecule has 0 aliphatic heterocycles. The summed E-state index contributed by atoms with van der Waals surface area (Å²) in [6, 6.07) is 13.4. The van der Waals surface area contributed by atoms with Crippen LogP contribution in [0.1, 0.15) is 24.1 Å². The lowest BCUT2D eigenvalue weighted by atomic mass is 10.1. The molecule has 0 radical (unpaired) electrons. The van der Waals surface area contributed by atoms with E-state index in [-0.39, 0.29) is 11.9 Å². The fourth-order valence-corrected chi connectivity index (χ4v) is 2.48. The van der Waals surface area contributed by atoms with Gasteiger partial charge in [-0.2, -0.15) is 0 Å². The van der Waals surface area contributed by atoms with E-state index in [1.165, 1.54) is 11.1 Å². The van der Waals surface area contributed by atoms with Crippen molar-refractivity contribution in [3.05, 3.63) is 59.9 Å². The molecule has 4 heteroatoms. The summed E-state index contributed by atoms with van der Waals surface area (Å²) in [6.07, 6.45) is 1.72. The molecule has 4 nitrogen and oxygen atoms in total. The number of amides is 1. The fraction of sp³-hybridized carbons (Fsp3) is 0.222. The van der Waals surface area contributed by atoms with Crippen LogP contribution in [0.4, 0.5) is 5.69 Å². The molecule has 112 valence electrons. The van der Waals surface area contributed by atoms with Gasteiger partial charge in [0, 0.05) is 5.69 Å². The summed E-state index contributed by atoms with van der Waals surface area (Å²) in [7, 11) is 0. The van der Waals surface area contributed by atoms with Crippen molar-refractivity contribution in [1.29, 1.82) is 0 Å². The summed E-state index contributed by atoms with van der Waals surface area (Å²) < 4.78 is 1.89. The second kappa shape index (κ2) is 5.64. The Kier molecular flexibility index (Phi) is 3.67. The molecule has 0 spiro atoms. The zero-order valence-electron chi connectivity index (χ0n) is 13.0. The van der Waals surface area contributed by atoms with E-state index < -0.39 is 0 Å². The van der Waals surface area contributed by atoms with E-state index in [9.17, 15) is 4.79 Å². The third kappa shape index (κ3) is 2.60. The van der Waals surface area contributed by atoms with E-state index in [1.54, 1.807) is 6.33 Å². The molecule has 3 rings (SSSR count). The van der Waals surface area contributed by atoms with Crippen molar-refractivity contribution in [1.82, 2.24) is 9.55 Å². The Hall–Kier alpha value is -2.62. The maximum absolute atomic E-state index is 12.5. The first-order valence-electron chi connectivity index (χ1n) is 7.36. The van der Waals surface area contributed by atoms with Crippen LogP contribution >= 0.6 is 0 Å². The molecular weight excluding hydrogens is 274 g/mol. The highest BCUT2D eigenvalue weighted by atomic mass is 16.2. The quantitative estimate of drug-likeness (QED) is 0.797. The van der Waals surface area contributed by atoms with Crippen LogP contribution in [0.2, 0.25) is 0 Å². The lowest BCUT2D eigenvalue weighted by Gasteiger charge is -2.15. The maximum atomic E-state index is 12.5. The van der Waals surface area contributed by atoms with Gasteiger partial charge in [-0.15, -0.1) is 0 Å². The Morgan fingerprint density at radius 2 is 1.91 bits per heavy atom. The number of nitrogens with zero attached hydrogens (tertiary/aromatic N) is 2. The molecule has 1 heterocycles. The number of aryl methyl sites for hydroxylation is 2. The minimum Gasteiger partial charge on any atom is -0.324 e. The first kappa shape index (κ1) is 14.3. The van der Waals surface area contributed by atoms with Crippen molar-refractivity contribution < 1.29 is 4.79 Å². The summed E-state index contributed by atoms with van der Waals surface area (Å²) in [5.74, 6) is -0.0496. The average Bonchev–Trinajstić information content (AvgIpc) is 2.94. The summed E-state index contributed by atoms with van der Waals surface area (Å²) in [6.45, 7) is 5.98. The zero-order valence-corrected chi connectivity index (χ0v) is 13.0. The highest BCUT2D eigenvalue weighted by Crippen LogP contribution is 2.20. The molecule has 0 saturated carbocycles. The predicted octanol–water partition coefficient (Wildman–Crippen LogP) is 3.85. The molecule has 3 aromatic rings. The molecule has 22 heavy (non-hydrogen) atoms. The molecule has 1 unspecified atom stereocenters. The number of rotatable bonds is 3. The van der Waals surface area contributed by atoms with Gasteiger partial charge in [-0.1, -0.05) is 18.2 Å². The lowest BCUT2D eigenvalue weighted by molar-refractivity contribution is -0.118. The first-order valence-corrected chi connectivity index (χ1v) is 7.36. The van der Waals surface area contributed by atoms with Crippen LogP contribution in [0.15, 0.2) is 48.8 Å². The number of anilines is 1. The van der Waals surface area contributed by atoms with Gasteiger partial charge >= 0.3 is 0 Å². The van der Waals surface area contributed by atoms with E-state index in [0.29, 0.717) is 0 Å². The number of hydrogen-bond donors (Lipinski definition) is 1. The summed E-state index contributed by atoms with van der Waals surface area (Å²) in [5.41, 5.74) is 5.06. The Morgan fingerprint density at radius 3 is 2.68 bits per heavy atom. The second-order valence-corrected chi connectivity index (χ2v) is 5.60. The highest BCUT2D eigenvalue weighted by molar-refractivity contribution is 5.94. The number of nitrogens with one attached hydrogen (secondary N) is 1. The third-order valence-corrected chi connectivity index (χ3v) is 4.05. The number of imidazole rings is 1. The van der Waals surface area contributed by atoms with Crippen LogP contribution in [0.25, 0.3) is 11.0 Å². The molecule has 1 amide bonds. The van der Waals surface area contributed by atoms with Gasteiger partial charge in [0.2, 0.25) is 5.91 Å². The Morgan fingerprint density at radius 1 is 1.14 bits per heavy atom. The monoisotopic (exact) mass is 293 g/mol. The molecule has 2 aromatic carbocycles. The van der Waals surface area contributed by atoms with Crippen molar-refractivity contribution in [2.45, 2.75) is 26.8 Å². The van der Waals surface area contributed by atoms with E-state index in [1.807, 2.05) is 60.9 Å². The van der Waals surface area contributed by atoms with E-state index in [0.717, 1.165) is 16.7 Å². The van der Waals surface area contributed by atoms with Crippen LogP contribution in [-0.2, 0) is 4.79 Å². The largest absolute Gasteiger partial charge is 0.324 e. The lowest BCUT2D eigenvalue weighted by Crippen LogP contribution is -2.23. The first-order chi connectivity index (χ1) is 10.6. The van der Waals surface area contributed by atoms with Crippen molar-refractivity contribution >= 4 is 22.6 Å². The van der Waals surface area contributed by atoms with Crippen LogP contribution in [-0.4, -0.2) is 15.5 Å². The van der Waals surface area contributed by atoms with Crippen molar-refractivity contribution in [3.8, 4) is 0 Å². The molecule has 0 fully saturated rings. The normalized spacial score (nSPS) is 12.3. The van der Waals surface area contributed by atoms with Gasteiger partial charge in [-0.3, -0.25) is 4.79 Å². The zero-order chi connectivity index (χ0) is 15.7. The smallest absolute Gasteiger partial charge is 0.247 e. The van der Waals surface area contributed by atoms with E-state index in [2.05, 4.69) is 17.2 Å². The molecule has 1 atom stereocenters. The standard InChI is InChI=1S/C18H19N3O/c1-12-8-9-15(10-13(12)2)20-18(22)14(3)21-11-19-16-6-4-5-7-17(16)21/h4-11,14H,1-3H3,(H,20,22). The van der Waals surface area contributed by atoms with Crippen molar-refractivity contribution in [3.63, 3.8) is 0 Å². The third-order valence-electron chi connectivity index (χ3n) is 4.05. The van der Waals surface area contributed by atoms with Gasteiger partial charge in [-0.05, 0) is 56.2 Å². The Balaban J connectivity index is 1.83. The van der Waals surface area contributed by atoms with Gasteiger partial charge < -0.3 is 9.88 Å². The minimum atomic E-state index is -0.325. The van der Waals surface area contributed by atoms with E-state index >= 15 is 0 Å². The Labute approximate surface area is 129 Å². The van der Waals surface area contributed by atoms with Crippen molar-refractivity contribution in [2.75, 3.05) is 5.32 Å². The van der Waals surface area contributed by atoms with Gasteiger partial charge in [0.05, 0.1) is 17.4 Å². The Bertz CT molecular complexity index is 835. The van der Waals surface area contributed by atoms with Gasteiger partial charge in [0.25, 0.3) is 0 Å². The van der Waals surface area contributed by atoms with Crippen LogP contribution < -0.4 is 5.32 Å². The van der Waals surface area contributed by atoms with Crippen LogP contribution in [0.3, 0.4) is 0 Å². The van der Waals surface area contributed by atoms with Crippen LogP contribution in [0, 0.1) is 13.8 Å². The van der Waals surface area contributed by atoms with Crippen molar-refractivity contribution in [2.24, 2.45) is 0 Å². The number of fused-ring (bicyclic) bond motifs is 1. The number of aromatic nitrogens is 2. The molecule has 0 saturated heterocycles. The topological polar surface area (TPSA) is 46.9 Å². The highest BCUT2D eigenvalue weighted by Gasteiger charge is 2.17. The SMILES string of the molecule is Cc1ccc(NC(=O)C(C)n2cnc3ccccc32)cc1C. The van der Waals surface area contributed by atoms with Gasteiger partial charge in [-0.25, -0.2) is 4.98 Å². The summed E-state index contributed by atoms with van der Waals surface area (Å²) >= 11 is 0. The number of carbonyl (C=O) groups is 1. The second-order valence-electron chi connectivity index (χ2n) is 5.60. The van der Waals surface area contributed by atoms with Gasteiger partial charge in [0.15, 0.2) is 0 Å². The average molecular weight is 293 g/mol. The number of benzene rings is 2. The molecular formula is C18H19N3O. The minimum absolute atomic E-state index is 0.0496. The van der Waals surface area contributed by atoms with Gasteiger partial charge in [0.1, 0.15) is 6.04 Å². The number of hydrogen-bond acceptors (Lipinski definition) is 2. The van der Waals surface area contributed by atoms with Crippen LogP contribution in [0.5, 0.6) is 0 Å². The predicted molar refractivity (Wildman–Crippen MR) is 89.0 cm³/mol. The molecule has 0 aliphatic rings. The number of carbonyl (C=O) groups excluding carboxylic acids is 1. The molecule has 0 aliphatic carbocycles. The fourth-order valence-electron chi connectivity index (χ4n) is 2.48.